The number of benzene rings is 1. The van der Waals surface area contributed by atoms with Crippen LogP contribution in [0.15, 0.2) is 71.6 Å². The lowest BCUT2D eigenvalue weighted by atomic mass is 10.1. The third-order valence-corrected chi connectivity index (χ3v) is 3.95. The van der Waals surface area contributed by atoms with Gasteiger partial charge in [-0.2, -0.15) is 0 Å². The Balaban J connectivity index is 1.85. The van der Waals surface area contributed by atoms with Crippen molar-refractivity contribution in [2.75, 3.05) is 12.4 Å². The molecule has 1 N–H and O–H groups in total. The predicted molar refractivity (Wildman–Crippen MR) is 98.2 cm³/mol. The van der Waals surface area contributed by atoms with Crippen LogP contribution in [0.3, 0.4) is 0 Å². The van der Waals surface area contributed by atoms with Crippen LogP contribution in [0.5, 0.6) is 5.75 Å². The van der Waals surface area contributed by atoms with Crippen molar-refractivity contribution in [3.8, 4) is 17.2 Å². The molecule has 0 unspecified atom stereocenters. The van der Waals surface area contributed by atoms with E-state index in [1.54, 1.807) is 62.2 Å². The Morgan fingerprint density at radius 1 is 1.15 bits per heavy atom. The van der Waals surface area contributed by atoms with E-state index >= 15 is 0 Å². The van der Waals surface area contributed by atoms with Gasteiger partial charge in [-0.25, -0.2) is 4.98 Å². The summed E-state index contributed by atoms with van der Waals surface area (Å²) in [6, 6.07) is 14.3. The van der Waals surface area contributed by atoms with Crippen LogP contribution in [0.1, 0.15) is 10.4 Å². The van der Waals surface area contributed by atoms with E-state index in [0.29, 0.717) is 39.4 Å². The molecule has 4 aromatic rings. The van der Waals surface area contributed by atoms with Gasteiger partial charge in [-0.05, 0) is 48.5 Å². The molecule has 0 aliphatic rings. The van der Waals surface area contributed by atoms with Crippen molar-refractivity contribution in [1.29, 1.82) is 0 Å². The Bertz CT molecular complexity index is 1060. The van der Waals surface area contributed by atoms with Crippen LogP contribution >= 0.6 is 0 Å². The lowest BCUT2D eigenvalue weighted by Crippen LogP contribution is -2.13. The van der Waals surface area contributed by atoms with Crippen molar-refractivity contribution in [2.45, 2.75) is 0 Å². The minimum atomic E-state index is -0.258. The number of aromatic nitrogens is 2. The molecule has 0 aliphatic carbocycles. The highest BCUT2D eigenvalue weighted by atomic mass is 16.5. The Labute approximate surface area is 149 Å². The molecule has 128 valence electrons. The molecule has 3 heterocycles. The van der Waals surface area contributed by atoms with Gasteiger partial charge in [-0.1, -0.05) is 0 Å². The van der Waals surface area contributed by atoms with Crippen LogP contribution in [0.25, 0.3) is 22.4 Å². The molecule has 0 fully saturated rings. The maximum absolute atomic E-state index is 12.9. The summed E-state index contributed by atoms with van der Waals surface area (Å²) in [4.78, 5) is 21.5. The second-order valence-corrected chi connectivity index (χ2v) is 5.61. The Kier molecular flexibility index (Phi) is 4.07. The molecule has 0 spiro atoms. The zero-order chi connectivity index (χ0) is 17.9. The zero-order valence-electron chi connectivity index (χ0n) is 14.0. The molecule has 0 atom stereocenters. The summed E-state index contributed by atoms with van der Waals surface area (Å²) < 4.78 is 10.7. The van der Waals surface area contributed by atoms with Gasteiger partial charge in [0.25, 0.3) is 5.91 Å². The molecule has 1 amide bonds. The fourth-order valence-corrected chi connectivity index (χ4v) is 2.71. The maximum atomic E-state index is 12.9. The van der Waals surface area contributed by atoms with Gasteiger partial charge < -0.3 is 14.5 Å². The van der Waals surface area contributed by atoms with Gasteiger partial charge in [-0.3, -0.25) is 9.78 Å². The first kappa shape index (κ1) is 15.8. The zero-order valence-corrected chi connectivity index (χ0v) is 14.0. The van der Waals surface area contributed by atoms with Crippen molar-refractivity contribution in [3.63, 3.8) is 0 Å². The number of hydrogen-bond acceptors (Lipinski definition) is 5. The van der Waals surface area contributed by atoms with Crippen LogP contribution in [0.4, 0.5) is 5.69 Å². The van der Waals surface area contributed by atoms with E-state index in [1.807, 2.05) is 12.1 Å². The maximum Gasteiger partial charge on any atom is 0.256 e. The number of furan rings is 1. The summed E-state index contributed by atoms with van der Waals surface area (Å²) in [5.41, 5.74) is 2.36. The molecule has 0 aliphatic heterocycles. The molecule has 4 rings (SSSR count). The first-order chi connectivity index (χ1) is 12.7. The van der Waals surface area contributed by atoms with E-state index in [0.717, 1.165) is 0 Å². The number of nitrogens with zero attached hydrogens (tertiary/aromatic N) is 2. The van der Waals surface area contributed by atoms with Crippen LogP contribution in [0.2, 0.25) is 0 Å². The lowest BCUT2D eigenvalue weighted by Gasteiger charge is -2.11. The minimum absolute atomic E-state index is 0.258. The highest BCUT2D eigenvalue weighted by molar-refractivity contribution is 6.13. The number of pyridine rings is 2. The van der Waals surface area contributed by atoms with Gasteiger partial charge >= 0.3 is 0 Å². The number of hydrogen-bond donors (Lipinski definition) is 1. The van der Waals surface area contributed by atoms with Crippen LogP contribution in [0, 0.1) is 0 Å². The highest BCUT2D eigenvalue weighted by Gasteiger charge is 2.16. The van der Waals surface area contributed by atoms with E-state index in [-0.39, 0.29) is 5.91 Å². The number of rotatable bonds is 4. The van der Waals surface area contributed by atoms with E-state index < -0.39 is 0 Å². The molecule has 6 nitrogen and oxygen atoms in total. The molecule has 3 aromatic heterocycles. The normalized spacial score (nSPS) is 10.7. The smallest absolute Gasteiger partial charge is 0.256 e. The summed E-state index contributed by atoms with van der Waals surface area (Å²) in [6.07, 6.45) is 4.82. The summed E-state index contributed by atoms with van der Waals surface area (Å²) in [5.74, 6) is 0.991. The number of methoxy groups -OCH3 is 1. The van der Waals surface area contributed by atoms with Crippen LogP contribution < -0.4 is 10.1 Å². The molecule has 6 heteroatoms. The molecular formula is C20H15N3O3. The predicted octanol–water partition coefficient (Wildman–Crippen LogP) is 4.15. The minimum Gasteiger partial charge on any atom is -0.497 e. The van der Waals surface area contributed by atoms with E-state index in [9.17, 15) is 4.79 Å². The Hall–Kier alpha value is -3.67. The SMILES string of the molecule is COc1ccc2nc(-c3ccco3)cc(C(=O)Nc3cccnc3)c2c1. The third kappa shape index (κ3) is 3.00. The second-order valence-electron chi connectivity index (χ2n) is 5.61. The molecule has 1 aromatic carbocycles. The van der Waals surface area contributed by atoms with E-state index in [2.05, 4.69) is 15.3 Å². The Morgan fingerprint density at radius 2 is 2.08 bits per heavy atom. The van der Waals surface area contributed by atoms with Gasteiger partial charge in [0.05, 0.1) is 36.3 Å². The average molecular weight is 345 g/mol. The van der Waals surface area contributed by atoms with Crippen molar-refractivity contribution < 1.29 is 13.9 Å². The summed E-state index contributed by atoms with van der Waals surface area (Å²) in [7, 11) is 1.58. The second kappa shape index (κ2) is 6.68. The van der Waals surface area contributed by atoms with Gasteiger partial charge in [0.2, 0.25) is 0 Å². The summed E-state index contributed by atoms with van der Waals surface area (Å²) in [5, 5.41) is 3.56. The van der Waals surface area contributed by atoms with E-state index in [1.165, 1.54) is 0 Å². The summed E-state index contributed by atoms with van der Waals surface area (Å²) in [6.45, 7) is 0. The van der Waals surface area contributed by atoms with E-state index in [4.69, 9.17) is 9.15 Å². The number of carbonyl (C=O) groups is 1. The van der Waals surface area contributed by atoms with Crippen LogP contribution in [-0.4, -0.2) is 23.0 Å². The van der Waals surface area contributed by atoms with Gasteiger partial charge in [0.15, 0.2) is 5.76 Å². The van der Waals surface area contributed by atoms with Crippen molar-refractivity contribution in [2.24, 2.45) is 0 Å². The number of anilines is 1. The number of amides is 1. The topological polar surface area (TPSA) is 77.2 Å². The first-order valence-electron chi connectivity index (χ1n) is 7.98. The standard InChI is InChI=1S/C20H15N3O3/c1-25-14-6-7-17-15(10-14)16(11-18(23-17)19-5-3-9-26-19)20(24)22-13-4-2-8-21-12-13/h2-12H,1H3,(H,22,24). The van der Waals surface area contributed by atoms with Crippen molar-refractivity contribution >= 4 is 22.5 Å². The molecule has 0 radical (unpaired) electrons. The molecule has 26 heavy (non-hydrogen) atoms. The third-order valence-electron chi connectivity index (χ3n) is 3.95. The summed E-state index contributed by atoms with van der Waals surface area (Å²) >= 11 is 0. The monoisotopic (exact) mass is 345 g/mol. The average Bonchev–Trinajstić information content (AvgIpc) is 3.22. The van der Waals surface area contributed by atoms with Crippen LogP contribution in [-0.2, 0) is 0 Å². The quantitative estimate of drug-likeness (QED) is 0.601. The first-order valence-corrected chi connectivity index (χ1v) is 7.98. The van der Waals surface area contributed by atoms with Crippen molar-refractivity contribution in [3.05, 3.63) is 72.8 Å². The van der Waals surface area contributed by atoms with Gasteiger partial charge in [0, 0.05) is 11.6 Å². The fraction of sp³-hybridized carbons (Fsp3) is 0.0500. The molecular weight excluding hydrogens is 330 g/mol. The van der Waals surface area contributed by atoms with Gasteiger partial charge in [0.1, 0.15) is 11.4 Å². The number of fused-ring (bicyclic) bond motifs is 1. The number of carbonyl (C=O) groups excluding carboxylic acids is 1. The largest absolute Gasteiger partial charge is 0.497 e. The highest BCUT2D eigenvalue weighted by Crippen LogP contribution is 2.28. The van der Waals surface area contributed by atoms with Crippen molar-refractivity contribution in [1.82, 2.24) is 9.97 Å². The molecule has 0 bridgehead atoms. The van der Waals surface area contributed by atoms with Gasteiger partial charge in [-0.15, -0.1) is 0 Å². The lowest BCUT2D eigenvalue weighted by molar-refractivity contribution is 0.102. The number of ether oxygens (including phenoxy) is 1. The number of nitrogens with one attached hydrogen (secondary N) is 1. The molecule has 0 saturated heterocycles. The molecule has 0 saturated carbocycles. The fourth-order valence-electron chi connectivity index (χ4n) is 2.71. The Morgan fingerprint density at radius 3 is 2.81 bits per heavy atom.